The number of nitriles is 1. The highest BCUT2D eigenvalue weighted by Crippen LogP contribution is 2.19. The SMILES string of the molecule is N#Cc1cc(-c2ccccc2)nnc1NCCN. The zero-order chi connectivity index (χ0) is 12.8. The van der Waals surface area contributed by atoms with Crippen LogP contribution in [0.15, 0.2) is 36.4 Å². The predicted molar refractivity (Wildman–Crippen MR) is 69.7 cm³/mol. The summed E-state index contributed by atoms with van der Waals surface area (Å²) in [6.45, 7) is 1.04. The summed E-state index contributed by atoms with van der Waals surface area (Å²) >= 11 is 0. The molecule has 0 atom stereocenters. The van der Waals surface area contributed by atoms with Crippen LogP contribution in [-0.2, 0) is 0 Å². The molecule has 0 bridgehead atoms. The molecule has 0 aliphatic heterocycles. The van der Waals surface area contributed by atoms with Gasteiger partial charge in [-0.25, -0.2) is 0 Å². The minimum Gasteiger partial charge on any atom is -0.366 e. The lowest BCUT2D eigenvalue weighted by Gasteiger charge is -2.06. The van der Waals surface area contributed by atoms with Crippen LogP contribution in [0.4, 0.5) is 5.82 Å². The van der Waals surface area contributed by atoms with Crippen molar-refractivity contribution in [2.24, 2.45) is 5.73 Å². The first-order chi connectivity index (χ1) is 8.85. The molecule has 5 heteroatoms. The van der Waals surface area contributed by atoms with Gasteiger partial charge in [-0.15, -0.1) is 10.2 Å². The topological polar surface area (TPSA) is 87.6 Å². The van der Waals surface area contributed by atoms with E-state index in [1.54, 1.807) is 6.07 Å². The molecular weight excluding hydrogens is 226 g/mol. The van der Waals surface area contributed by atoms with E-state index in [0.29, 0.717) is 30.2 Å². The molecule has 0 fully saturated rings. The summed E-state index contributed by atoms with van der Waals surface area (Å²) in [4.78, 5) is 0. The van der Waals surface area contributed by atoms with E-state index in [9.17, 15) is 0 Å². The van der Waals surface area contributed by atoms with Crippen molar-refractivity contribution in [1.29, 1.82) is 5.26 Å². The Morgan fingerprint density at radius 3 is 2.67 bits per heavy atom. The molecule has 5 nitrogen and oxygen atoms in total. The molecule has 0 saturated heterocycles. The molecule has 2 rings (SSSR count). The van der Waals surface area contributed by atoms with Gasteiger partial charge in [0.1, 0.15) is 6.07 Å². The van der Waals surface area contributed by atoms with Crippen LogP contribution >= 0.6 is 0 Å². The van der Waals surface area contributed by atoms with Crippen molar-refractivity contribution in [3.63, 3.8) is 0 Å². The van der Waals surface area contributed by atoms with Crippen LogP contribution < -0.4 is 11.1 Å². The van der Waals surface area contributed by atoms with Crippen LogP contribution in [0.1, 0.15) is 5.56 Å². The molecule has 90 valence electrons. The number of anilines is 1. The first-order valence-electron chi connectivity index (χ1n) is 5.62. The van der Waals surface area contributed by atoms with Gasteiger partial charge >= 0.3 is 0 Å². The fraction of sp³-hybridized carbons (Fsp3) is 0.154. The summed E-state index contributed by atoms with van der Waals surface area (Å²) in [6, 6.07) is 13.5. The second kappa shape index (κ2) is 5.75. The molecule has 0 aliphatic carbocycles. The Balaban J connectivity index is 2.34. The second-order valence-corrected chi connectivity index (χ2v) is 3.69. The van der Waals surface area contributed by atoms with Gasteiger partial charge in [0.25, 0.3) is 0 Å². The highest BCUT2D eigenvalue weighted by molar-refractivity contribution is 5.64. The molecule has 1 aromatic carbocycles. The Labute approximate surface area is 105 Å². The number of nitrogens with zero attached hydrogens (tertiary/aromatic N) is 3. The second-order valence-electron chi connectivity index (χ2n) is 3.69. The van der Waals surface area contributed by atoms with Gasteiger partial charge in [-0.05, 0) is 6.07 Å². The number of nitrogens with one attached hydrogen (secondary N) is 1. The molecule has 18 heavy (non-hydrogen) atoms. The van der Waals surface area contributed by atoms with E-state index in [1.807, 2.05) is 30.3 Å². The maximum atomic E-state index is 9.10. The van der Waals surface area contributed by atoms with Gasteiger partial charge < -0.3 is 11.1 Å². The van der Waals surface area contributed by atoms with E-state index in [4.69, 9.17) is 11.0 Å². The minimum absolute atomic E-state index is 0.470. The van der Waals surface area contributed by atoms with E-state index < -0.39 is 0 Å². The Morgan fingerprint density at radius 2 is 2.00 bits per heavy atom. The molecular formula is C13H13N5. The quantitative estimate of drug-likeness (QED) is 0.841. The highest BCUT2D eigenvalue weighted by Gasteiger charge is 2.07. The summed E-state index contributed by atoms with van der Waals surface area (Å²) in [5, 5.41) is 20.2. The minimum atomic E-state index is 0.470. The van der Waals surface area contributed by atoms with Gasteiger partial charge in [0, 0.05) is 18.7 Å². The third-order valence-corrected chi connectivity index (χ3v) is 2.42. The molecule has 0 radical (unpaired) electrons. The lowest BCUT2D eigenvalue weighted by atomic mass is 10.1. The van der Waals surface area contributed by atoms with Crippen molar-refractivity contribution in [3.8, 4) is 17.3 Å². The molecule has 1 heterocycles. The zero-order valence-electron chi connectivity index (χ0n) is 9.80. The van der Waals surface area contributed by atoms with E-state index >= 15 is 0 Å². The molecule has 2 aromatic rings. The molecule has 0 spiro atoms. The summed E-state index contributed by atoms with van der Waals surface area (Å²) in [7, 11) is 0. The van der Waals surface area contributed by atoms with E-state index in [-0.39, 0.29) is 0 Å². The zero-order valence-corrected chi connectivity index (χ0v) is 9.80. The van der Waals surface area contributed by atoms with Crippen molar-refractivity contribution in [1.82, 2.24) is 10.2 Å². The van der Waals surface area contributed by atoms with Gasteiger partial charge in [-0.1, -0.05) is 30.3 Å². The maximum Gasteiger partial charge on any atom is 0.166 e. The van der Waals surface area contributed by atoms with Gasteiger partial charge in [0.2, 0.25) is 0 Å². The van der Waals surface area contributed by atoms with Crippen LogP contribution in [0.25, 0.3) is 11.3 Å². The molecule has 0 aliphatic rings. The van der Waals surface area contributed by atoms with Crippen LogP contribution in [0.3, 0.4) is 0 Å². The molecule has 3 N–H and O–H groups in total. The van der Waals surface area contributed by atoms with Gasteiger partial charge in [-0.3, -0.25) is 0 Å². The first kappa shape index (κ1) is 12.0. The number of benzene rings is 1. The monoisotopic (exact) mass is 239 g/mol. The lowest BCUT2D eigenvalue weighted by Crippen LogP contribution is -2.15. The number of hydrogen-bond acceptors (Lipinski definition) is 5. The van der Waals surface area contributed by atoms with Crippen molar-refractivity contribution in [3.05, 3.63) is 42.0 Å². The van der Waals surface area contributed by atoms with Crippen LogP contribution in [0.5, 0.6) is 0 Å². The number of hydrogen-bond donors (Lipinski definition) is 2. The maximum absolute atomic E-state index is 9.10. The fourth-order valence-corrected chi connectivity index (χ4v) is 1.55. The Hall–Kier alpha value is -2.45. The summed E-state index contributed by atoms with van der Waals surface area (Å²) in [5.41, 5.74) is 7.49. The average molecular weight is 239 g/mol. The largest absolute Gasteiger partial charge is 0.366 e. The summed E-state index contributed by atoms with van der Waals surface area (Å²) in [5.74, 6) is 0.475. The Bertz CT molecular complexity index is 559. The average Bonchev–Trinajstić information content (AvgIpc) is 2.46. The van der Waals surface area contributed by atoms with E-state index in [0.717, 1.165) is 5.56 Å². The lowest BCUT2D eigenvalue weighted by molar-refractivity contribution is 0.970. The molecule has 0 saturated carbocycles. The summed E-state index contributed by atoms with van der Waals surface area (Å²) < 4.78 is 0. The van der Waals surface area contributed by atoms with Crippen molar-refractivity contribution in [2.75, 3.05) is 18.4 Å². The van der Waals surface area contributed by atoms with E-state index in [1.165, 1.54) is 0 Å². The molecule has 0 unspecified atom stereocenters. The van der Waals surface area contributed by atoms with Gasteiger partial charge in [0.15, 0.2) is 5.82 Å². The van der Waals surface area contributed by atoms with Crippen LogP contribution in [0.2, 0.25) is 0 Å². The predicted octanol–water partition coefficient (Wildman–Crippen LogP) is 1.39. The van der Waals surface area contributed by atoms with Crippen molar-refractivity contribution in [2.45, 2.75) is 0 Å². The smallest absolute Gasteiger partial charge is 0.166 e. The Kier molecular flexibility index (Phi) is 3.84. The first-order valence-corrected chi connectivity index (χ1v) is 5.62. The number of rotatable bonds is 4. The van der Waals surface area contributed by atoms with Crippen LogP contribution in [-0.4, -0.2) is 23.3 Å². The fourth-order valence-electron chi connectivity index (χ4n) is 1.55. The van der Waals surface area contributed by atoms with Crippen molar-refractivity contribution >= 4 is 5.82 Å². The van der Waals surface area contributed by atoms with Crippen LogP contribution in [0, 0.1) is 11.3 Å². The van der Waals surface area contributed by atoms with E-state index in [2.05, 4.69) is 21.6 Å². The highest BCUT2D eigenvalue weighted by atomic mass is 15.2. The Morgan fingerprint density at radius 1 is 1.22 bits per heavy atom. The normalized spacial score (nSPS) is 9.78. The molecule has 0 amide bonds. The molecule has 1 aromatic heterocycles. The third-order valence-electron chi connectivity index (χ3n) is 2.42. The standard InChI is InChI=1S/C13H13N5/c14-6-7-16-13-11(9-15)8-12(17-18-13)10-4-2-1-3-5-10/h1-5,8H,6-7,14H2,(H,16,18). The third kappa shape index (κ3) is 2.62. The number of aromatic nitrogens is 2. The van der Waals surface area contributed by atoms with Crippen molar-refractivity contribution < 1.29 is 0 Å². The number of nitrogens with two attached hydrogens (primary N) is 1. The van der Waals surface area contributed by atoms with Gasteiger partial charge in [0.05, 0.1) is 11.3 Å². The van der Waals surface area contributed by atoms with Gasteiger partial charge in [-0.2, -0.15) is 5.26 Å². The summed E-state index contributed by atoms with van der Waals surface area (Å²) in [6.07, 6.45) is 0.